The summed E-state index contributed by atoms with van der Waals surface area (Å²) in [4.78, 5) is 0. The van der Waals surface area contributed by atoms with E-state index in [2.05, 4.69) is 15.5 Å². The van der Waals surface area contributed by atoms with Crippen molar-refractivity contribution in [2.75, 3.05) is 23.1 Å². The van der Waals surface area contributed by atoms with Crippen LogP contribution < -0.4 is 11.1 Å². The molecule has 0 radical (unpaired) electrons. The molecule has 0 spiro atoms. The number of anilines is 2. The molecular formula is C6H12N4O3S. The number of nitrogens with zero attached hydrogens (tertiary/aromatic N) is 2. The van der Waals surface area contributed by atoms with Gasteiger partial charge in [0.2, 0.25) is 0 Å². The summed E-state index contributed by atoms with van der Waals surface area (Å²) in [6, 6.07) is -0.234. The second kappa shape index (κ2) is 3.82. The maximum absolute atomic E-state index is 10.9. The van der Waals surface area contributed by atoms with E-state index < -0.39 is 9.84 Å². The van der Waals surface area contributed by atoms with Crippen molar-refractivity contribution in [3.8, 4) is 0 Å². The topological polar surface area (TPSA) is 111 Å². The van der Waals surface area contributed by atoms with E-state index >= 15 is 0 Å². The Kier molecular flexibility index (Phi) is 2.94. The van der Waals surface area contributed by atoms with Crippen LogP contribution >= 0.6 is 0 Å². The van der Waals surface area contributed by atoms with Gasteiger partial charge in [-0.05, 0) is 6.92 Å². The molecule has 80 valence electrons. The molecule has 1 rings (SSSR count). The molecule has 0 fully saturated rings. The highest BCUT2D eigenvalue weighted by molar-refractivity contribution is 7.90. The van der Waals surface area contributed by atoms with Gasteiger partial charge in [0.1, 0.15) is 9.84 Å². The molecule has 1 aromatic rings. The Hall–Kier alpha value is -1.31. The highest BCUT2D eigenvalue weighted by atomic mass is 32.2. The van der Waals surface area contributed by atoms with Crippen molar-refractivity contribution in [1.82, 2.24) is 10.2 Å². The Morgan fingerprint density at radius 1 is 1.57 bits per heavy atom. The number of hydrogen-bond donors (Lipinski definition) is 2. The van der Waals surface area contributed by atoms with Crippen LogP contribution in [0.4, 0.5) is 12.0 Å². The highest BCUT2D eigenvalue weighted by Gasteiger charge is 2.12. The van der Waals surface area contributed by atoms with Gasteiger partial charge in [-0.2, -0.15) is 0 Å². The molecule has 7 nitrogen and oxygen atoms in total. The monoisotopic (exact) mass is 220 g/mol. The number of rotatable bonds is 4. The number of hydrogen-bond acceptors (Lipinski definition) is 7. The van der Waals surface area contributed by atoms with Crippen LogP contribution in [0.15, 0.2) is 4.42 Å². The summed E-state index contributed by atoms with van der Waals surface area (Å²) in [6.45, 7) is 1.70. The van der Waals surface area contributed by atoms with E-state index in [1.165, 1.54) is 0 Å². The molecule has 8 heteroatoms. The molecule has 0 bridgehead atoms. The summed E-state index contributed by atoms with van der Waals surface area (Å²) in [5.41, 5.74) is 5.18. The number of nitrogens with two attached hydrogens (primary N) is 1. The van der Waals surface area contributed by atoms with E-state index in [0.29, 0.717) is 0 Å². The van der Waals surface area contributed by atoms with Crippen LogP contribution in [0.2, 0.25) is 0 Å². The van der Waals surface area contributed by atoms with Gasteiger partial charge in [0.05, 0.1) is 5.75 Å². The van der Waals surface area contributed by atoms with Gasteiger partial charge < -0.3 is 15.5 Å². The van der Waals surface area contributed by atoms with Gasteiger partial charge in [-0.25, -0.2) is 8.42 Å². The Balaban J connectivity index is 2.53. The molecule has 3 N–H and O–H groups in total. The van der Waals surface area contributed by atoms with E-state index in [1.54, 1.807) is 6.92 Å². The summed E-state index contributed by atoms with van der Waals surface area (Å²) in [5.74, 6) is -0.00468. The lowest BCUT2D eigenvalue weighted by Crippen LogP contribution is -2.25. The zero-order valence-corrected chi connectivity index (χ0v) is 8.71. The zero-order valence-electron chi connectivity index (χ0n) is 7.89. The molecule has 1 aromatic heterocycles. The molecule has 0 amide bonds. The molecule has 14 heavy (non-hydrogen) atoms. The smallest absolute Gasteiger partial charge is 0.317 e. The zero-order chi connectivity index (χ0) is 10.8. The normalized spacial score (nSPS) is 13.9. The first-order chi connectivity index (χ1) is 6.37. The van der Waals surface area contributed by atoms with Gasteiger partial charge in [-0.15, -0.1) is 0 Å². The van der Waals surface area contributed by atoms with Crippen molar-refractivity contribution >= 4 is 21.9 Å². The first-order valence-electron chi connectivity index (χ1n) is 3.90. The van der Waals surface area contributed by atoms with Crippen LogP contribution in [0.25, 0.3) is 0 Å². The minimum absolute atomic E-state index is 0.00468. The van der Waals surface area contributed by atoms with Crippen molar-refractivity contribution in [2.45, 2.75) is 13.0 Å². The molecule has 0 aliphatic carbocycles. The van der Waals surface area contributed by atoms with E-state index in [9.17, 15) is 8.42 Å². The molecule has 1 heterocycles. The summed E-state index contributed by atoms with van der Waals surface area (Å²) in [5, 5.41) is 9.67. The lowest BCUT2D eigenvalue weighted by molar-refractivity contribution is 0.575. The first-order valence-corrected chi connectivity index (χ1v) is 5.96. The predicted molar refractivity (Wildman–Crippen MR) is 51.5 cm³/mol. The van der Waals surface area contributed by atoms with Crippen LogP contribution in [-0.2, 0) is 9.84 Å². The molecule has 0 aromatic carbocycles. The SMILES string of the molecule is CC(CS(C)(=O)=O)Nc1nnc(N)o1. The van der Waals surface area contributed by atoms with Crippen LogP contribution in [0, 0.1) is 0 Å². The second-order valence-electron chi connectivity index (χ2n) is 3.08. The number of aromatic nitrogens is 2. The summed E-state index contributed by atoms with van der Waals surface area (Å²) in [7, 11) is -3.02. The van der Waals surface area contributed by atoms with Gasteiger partial charge >= 0.3 is 12.0 Å². The minimum atomic E-state index is -3.02. The molecular weight excluding hydrogens is 208 g/mol. The third kappa shape index (κ3) is 3.60. The van der Waals surface area contributed by atoms with Crippen molar-refractivity contribution in [1.29, 1.82) is 0 Å². The highest BCUT2D eigenvalue weighted by Crippen LogP contribution is 2.08. The van der Waals surface area contributed by atoms with Crippen LogP contribution in [0.5, 0.6) is 0 Å². The van der Waals surface area contributed by atoms with Gasteiger partial charge in [0, 0.05) is 12.3 Å². The molecule has 1 atom stereocenters. The Labute approximate surface area is 81.6 Å². The Bertz CT molecular complexity index is 399. The average molecular weight is 220 g/mol. The summed E-state index contributed by atoms with van der Waals surface area (Å²) in [6.07, 6.45) is 1.16. The molecule has 0 saturated heterocycles. The van der Waals surface area contributed by atoms with Gasteiger partial charge in [-0.1, -0.05) is 10.2 Å². The maximum atomic E-state index is 10.9. The van der Waals surface area contributed by atoms with E-state index in [-0.39, 0.29) is 23.8 Å². The van der Waals surface area contributed by atoms with Gasteiger partial charge in [-0.3, -0.25) is 0 Å². The van der Waals surface area contributed by atoms with Crippen molar-refractivity contribution in [2.24, 2.45) is 0 Å². The van der Waals surface area contributed by atoms with Crippen molar-refractivity contribution in [3.63, 3.8) is 0 Å². The fourth-order valence-electron chi connectivity index (χ4n) is 0.999. The minimum Gasteiger partial charge on any atom is -0.390 e. The number of sulfone groups is 1. The lowest BCUT2D eigenvalue weighted by atomic mass is 10.4. The third-order valence-electron chi connectivity index (χ3n) is 1.36. The van der Waals surface area contributed by atoms with Crippen molar-refractivity contribution in [3.05, 3.63) is 0 Å². The second-order valence-corrected chi connectivity index (χ2v) is 5.27. The molecule has 0 aliphatic rings. The first kappa shape index (κ1) is 10.8. The Morgan fingerprint density at radius 2 is 2.21 bits per heavy atom. The summed E-state index contributed by atoms with van der Waals surface area (Å²) >= 11 is 0. The van der Waals surface area contributed by atoms with E-state index in [1.807, 2.05) is 0 Å². The fraction of sp³-hybridized carbons (Fsp3) is 0.667. The number of nitrogen functional groups attached to an aromatic ring is 1. The van der Waals surface area contributed by atoms with Gasteiger partial charge in [0.25, 0.3) is 0 Å². The summed E-state index contributed by atoms with van der Waals surface area (Å²) < 4.78 is 26.6. The van der Waals surface area contributed by atoms with Gasteiger partial charge in [0.15, 0.2) is 0 Å². The van der Waals surface area contributed by atoms with E-state index in [4.69, 9.17) is 10.2 Å². The largest absolute Gasteiger partial charge is 0.390 e. The lowest BCUT2D eigenvalue weighted by Gasteiger charge is -2.09. The molecule has 1 unspecified atom stereocenters. The van der Waals surface area contributed by atoms with Crippen LogP contribution in [0.1, 0.15) is 6.92 Å². The standard InChI is InChI=1S/C6H12N4O3S/c1-4(3-14(2,11)12)8-6-10-9-5(7)13-6/h4H,3H2,1-2H3,(H2,7,9)(H,8,10). The van der Waals surface area contributed by atoms with E-state index in [0.717, 1.165) is 6.26 Å². The van der Waals surface area contributed by atoms with Crippen LogP contribution in [-0.4, -0.2) is 36.7 Å². The molecule has 0 aliphatic heterocycles. The van der Waals surface area contributed by atoms with Crippen molar-refractivity contribution < 1.29 is 12.8 Å². The quantitative estimate of drug-likeness (QED) is 0.703. The Morgan fingerprint density at radius 3 is 2.64 bits per heavy atom. The average Bonchev–Trinajstić information content (AvgIpc) is 2.30. The third-order valence-corrected chi connectivity index (χ3v) is 2.47. The van der Waals surface area contributed by atoms with Crippen LogP contribution in [0.3, 0.4) is 0 Å². The predicted octanol–water partition coefficient (Wildman–Crippen LogP) is -0.503. The fourth-order valence-corrected chi connectivity index (χ4v) is 1.99. The maximum Gasteiger partial charge on any atom is 0.317 e. The molecule has 0 saturated carbocycles. The number of nitrogens with one attached hydrogen (secondary N) is 1.